The molecule has 0 unspecified atom stereocenters. The quantitative estimate of drug-likeness (QED) is 0.603. The number of nitrogens with one attached hydrogen (secondary N) is 1. The Morgan fingerprint density at radius 3 is 2.67 bits per heavy atom. The Bertz CT molecular complexity index is 442. The smallest absolute Gasteiger partial charge is 0.351 e. The lowest BCUT2D eigenvalue weighted by atomic mass is 10.2. The molecule has 0 spiro atoms. The number of carbonyl (C=O) groups is 1. The van der Waals surface area contributed by atoms with Crippen LogP contribution in [0.2, 0.25) is 5.02 Å². The highest BCUT2D eigenvalue weighted by Crippen LogP contribution is 2.29. The summed E-state index contributed by atoms with van der Waals surface area (Å²) in [6, 6.07) is 4.72. The number of hydrogen-bond acceptors (Lipinski definition) is 2. The number of carbonyl (C=O) groups excluding carboxylic acids is 1. The zero-order valence-corrected chi connectivity index (χ0v) is 12.6. The minimum atomic E-state index is -4.27. The molecule has 18 heavy (non-hydrogen) atoms. The summed E-state index contributed by atoms with van der Waals surface area (Å²) in [5, 5.41) is 2.84. The van der Waals surface area contributed by atoms with Crippen molar-refractivity contribution in [1.29, 1.82) is 0 Å². The first kappa shape index (κ1) is 15.9. The minimum Gasteiger partial charge on any atom is -0.351 e. The van der Waals surface area contributed by atoms with Gasteiger partial charge in [0.1, 0.15) is 0 Å². The van der Waals surface area contributed by atoms with Gasteiger partial charge in [0, 0.05) is 21.4 Å². The van der Waals surface area contributed by atoms with E-state index in [1.165, 1.54) is 6.07 Å². The fourth-order valence-corrected chi connectivity index (χ4v) is 2.02. The molecule has 8 heteroatoms. The van der Waals surface area contributed by atoms with E-state index in [1.54, 1.807) is 12.1 Å². The van der Waals surface area contributed by atoms with Crippen molar-refractivity contribution in [3.63, 3.8) is 0 Å². The monoisotopic (exact) mass is 409 g/mol. The molecule has 0 aliphatic heterocycles. The van der Waals surface area contributed by atoms with Crippen LogP contribution in [-0.4, -0.2) is 23.7 Å². The topological polar surface area (TPSA) is 29.1 Å². The molecule has 2 nitrogen and oxygen atoms in total. The largest absolute Gasteiger partial charge is 0.441 e. The lowest BCUT2D eigenvalue weighted by Crippen LogP contribution is -2.26. The molecule has 1 rings (SSSR count). The van der Waals surface area contributed by atoms with Gasteiger partial charge in [-0.25, -0.2) is 0 Å². The van der Waals surface area contributed by atoms with Crippen LogP contribution in [0.25, 0.3) is 0 Å². The van der Waals surface area contributed by atoms with Gasteiger partial charge in [0.15, 0.2) is 0 Å². The Morgan fingerprint density at radius 2 is 2.11 bits per heavy atom. The van der Waals surface area contributed by atoms with E-state index in [2.05, 4.69) is 5.32 Å². The molecule has 1 N–H and O–H groups in total. The third-order valence-corrected chi connectivity index (χ3v) is 4.14. The Kier molecular flexibility index (Phi) is 6.06. The van der Waals surface area contributed by atoms with Crippen LogP contribution in [0.15, 0.2) is 18.2 Å². The van der Waals surface area contributed by atoms with Gasteiger partial charge in [-0.15, -0.1) is 0 Å². The van der Waals surface area contributed by atoms with Gasteiger partial charge in [0.05, 0.1) is 5.02 Å². The number of amides is 1. The van der Waals surface area contributed by atoms with Crippen molar-refractivity contribution in [3.05, 3.63) is 32.4 Å². The van der Waals surface area contributed by atoms with Crippen LogP contribution in [0, 0.1) is 3.57 Å². The van der Waals surface area contributed by atoms with Gasteiger partial charge in [-0.05, 0) is 52.6 Å². The third-order valence-electron chi connectivity index (χ3n) is 1.84. The van der Waals surface area contributed by atoms with Crippen molar-refractivity contribution in [2.75, 3.05) is 12.3 Å². The molecule has 0 radical (unpaired) electrons. The molecule has 1 aromatic carbocycles. The summed E-state index contributed by atoms with van der Waals surface area (Å²) in [5.74, 6) is -0.649. The van der Waals surface area contributed by atoms with E-state index in [-0.39, 0.29) is 24.1 Å². The molecular weight excluding hydrogens is 402 g/mol. The van der Waals surface area contributed by atoms with Crippen LogP contribution in [0.1, 0.15) is 10.4 Å². The van der Waals surface area contributed by atoms with Crippen LogP contribution < -0.4 is 5.32 Å². The Labute approximate surface area is 125 Å². The van der Waals surface area contributed by atoms with Crippen molar-refractivity contribution in [2.45, 2.75) is 5.51 Å². The number of rotatable bonds is 4. The second kappa shape index (κ2) is 6.85. The molecule has 1 aromatic rings. The first-order valence-electron chi connectivity index (χ1n) is 4.73. The van der Waals surface area contributed by atoms with Crippen molar-refractivity contribution >= 4 is 51.9 Å². The zero-order valence-electron chi connectivity index (χ0n) is 8.85. The van der Waals surface area contributed by atoms with Crippen LogP contribution in [0.3, 0.4) is 0 Å². The summed E-state index contributed by atoms with van der Waals surface area (Å²) in [7, 11) is 0. The standard InChI is InChI=1S/C10H8ClF3INOS/c11-7-5-6(1-2-8(7)15)9(17)16-3-4-18-10(12,13)14/h1-2,5H,3-4H2,(H,16,17). The van der Waals surface area contributed by atoms with E-state index in [0.29, 0.717) is 10.6 Å². The van der Waals surface area contributed by atoms with Gasteiger partial charge in [0.2, 0.25) is 0 Å². The molecule has 0 aliphatic carbocycles. The fraction of sp³-hybridized carbons (Fsp3) is 0.300. The normalized spacial score (nSPS) is 11.4. The minimum absolute atomic E-state index is 0.0490. The zero-order chi connectivity index (χ0) is 13.8. The van der Waals surface area contributed by atoms with Crippen molar-refractivity contribution in [2.24, 2.45) is 0 Å². The number of hydrogen-bond donors (Lipinski definition) is 1. The number of halogens is 5. The summed E-state index contributed by atoms with van der Waals surface area (Å²) in [4.78, 5) is 11.6. The summed E-state index contributed by atoms with van der Waals surface area (Å²) in [6.07, 6.45) is 0. The Hall–Kier alpha value is -0.150. The van der Waals surface area contributed by atoms with E-state index in [4.69, 9.17) is 11.6 Å². The van der Waals surface area contributed by atoms with Crippen LogP contribution >= 0.6 is 46.0 Å². The van der Waals surface area contributed by atoms with E-state index in [9.17, 15) is 18.0 Å². The second-order valence-corrected chi connectivity index (χ2v) is 5.91. The summed E-state index contributed by atoms with van der Waals surface area (Å²) >= 11 is 7.69. The number of alkyl halides is 3. The van der Waals surface area contributed by atoms with Crippen molar-refractivity contribution in [3.8, 4) is 0 Å². The maximum absolute atomic E-state index is 11.8. The molecular formula is C10H8ClF3INOS. The van der Waals surface area contributed by atoms with Crippen LogP contribution in [0.4, 0.5) is 13.2 Å². The number of benzene rings is 1. The first-order valence-corrected chi connectivity index (χ1v) is 7.18. The molecule has 100 valence electrons. The van der Waals surface area contributed by atoms with Gasteiger partial charge >= 0.3 is 5.51 Å². The molecule has 1 amide bonds. The average molecular weight is 410 g/mol. The lowest BCUT2D eigenvalue weighted by Gasteiger charge is -2.07. The molecule has 0 aromatic heterocycles. The molecule has 0 atom stereocenters. The lowest BCUT2D eigenvalue weighted by molar-refractivity contribution is -0.0327. The SMILES string of the molecule is O=C(NCCSC(F)(F)F)c1ccc(I)c(Cl)c1. The van der Waals surface area contributed by atoms with Gasteiger partial charge in [-0.3, -0.25) is 4.79 Å². The predicted octanol–water partition coefficient (Wildman–Crippen LogP) is 3.93. The Morgan fingerprint density at radius 1 is 1.44 bits per heavy atom. The van der Waals surface area contributed by atoms with E-state index < -0.39 is 11.4 Å². The summed E-state index contributed by atoms with van der Waals surface area (Å²) < 4.78 is 36.3. The van der Waals surface area contributed by atoms with E-state index in [1.807, 2.05) is 22.6 Å². The second-order valence-electron chi connectivity index (χ2n) is 3.18. The van der Waals surface area contributed by atoms with Crippen LogP contribution in [0.5, 0.6) is 0 Å². The predicted molar refractivity (Wildman–Crippen MR) is 75.0 cm³/mol. The molecule has 0 saturated carbocycles. The van der Waals surface area contributed by atoms with Crippen molar-refractivity contribution in [1.82, 2.24) is 5.32 Å². The molecule has 0 heterocycles. The van der Waals surface area contributed by atoms with Gasteiger partial charge in [-0.2, -0.15) is 13.2 Å². The highest BCUT2D eigenvalue weighted by molar-refractivity contribution is 14.1. The van der Waals surface area contributed by atoms with E-state index >= 15 is 0 Å². The highest BCUT2D eigenvalue weighted by Gasteiger charge is 2.27. The van der Waals surface area contributed by atoms with Crippen LogP contribution in [-0.2, 0) is 0 Å². The van der Waals surface area contributed by atoms with Gasteiger partial charge < -0.3 is 5.32 Å². The van der Waals surface area contributed by atoms with Gasteiger partial charge in [-0.1, -0.05) is 11.6 Å². The number of thioether (sulfide) groups is 1. The molecule has 0 bridgehead atoms. The van der Waals surface area contributed by atoms with Gasteiger partial charge in [0.25, 0.3) is 5.91 Å². The summed E-state index contributed by atoms with van der Waals surface area (Å²) in [5.41, 5.74) is -3.94. The molecule has 0 aliphatic rings. The molecule has 0 fully saturated rings. The molecule has 0 saturated heterocycles. The highest BCUT2D eigenvalue weighted by atomic mass is 127. The summed E-state index contributed by atoms with van der Waals surface area (Å²) in [6.45, 7) is -0.0490. The fourth-order valence-electron chi connectivity index (χ4n) is 1.07. The first-order chi connectivity index (χ1) is 8.29. The van der Waals surface area contributed by atoms with Crippen molar-refractivity contribution < 1.29 is 18.0 Å². The third kappa shape index (κ3) is 5.66. The van der Waals surface area contributed by atoms with E-state index in [0.717, 1.165) is 3.57 Å². The maximum Gasteiger partial charge on any atom is 0.441 e. The average Bonchev–Trinajstić information content (AvgIpc) is 2.26. The Balaban J connectivity index is 2.43. The maximum atomic E-state index is 11.8.